The fraction of sp³-hybridized carbons (Fsp3) is 0.214. The van der Waals surface area contributed by atoms with Gasteiger partial charge in [-0.05, 0) is 37.1 Å². The number of rotatable bonds is 0. The minimum Gasteiger partial charge on any atom is -0.226 e. The summed E-state index contributed by atoms with van der Waals surface area (Å²) in [5.41, 5.74) is 6.44. The van der Waals surface area contributed by atoms with Crippen molar-refractivity contribution in [3.05, 3.63) is 47.7 Å². The van der Waals surface area contributed by atoms with Gasteiger partial charge >= 0.3 is 0 Å². The summed E-state index contributed by atoms with van der Waals surface area (Å²) in [5.74, 6) is 0. The highest BCUT2D eigenvalue weighted by Crippen LogP contribution is 2.17. The fourth-order valence-electron chi connectivity index (χ4n) is 2.26. The van der Waals surface area contributed by atoms with Crippen LogP contribution in [0, 0.1) is 13.8 Å². The Morgan fingerprint density at radius 1 is 1.06 bits per heavy atom. The summed E-state index contributed by atoms with van der Waals surface area (Å²) in [5, 5.41) is 0. The van der Waals surface area contributed by atoms with Crippen LogP contribution in [0.15, 0.2) is 36.5 Å². The first-order chi connectivity index (χ1) is 7.68. The lowest BCUT2D eigenvalue weighted by Gasteiger charge is -1.96. The van der Waals surface area contributed by atoms with Crippen LogP contribution in [0.5, 0.6) is 0 Å². The summed E-state index contributed by atoms with van der Waals surface area (Å²) in [4.78, 5) is 0. The van der Waals surface area contributed by atoms with E-state index in [2.05, 4.69) is 66.4 Å². The molecule has 0 unspecified atom stereocenters. The number of hydrogen-bond donors (Lipinski definition) is 0. The first kappa shape index (κ1) is 9.40. The number of aromatic nitrogens is 2. The van der Waals surface area contributed by atoms with Gasteiger partial charge in [0.05, 0.1) is 13.2 Å². The van der Waals surface area contributed by atoms with Crippen molar-refractivity contribution in [3.63, 3.8) is 0 Å². The molecule has 0 bridgehead atoms. The Balaban J connectivity index is 2.62. The summed E-state index contributed by atoms with van der Waals surface area (Å²) in [6.07, 6.45) is 2.22. The molecule has 0 spiro atoms. The standard InChI is InChI=1S/C14H15N2/c1-10-8-14-15(3)12-6-4-5-7-13(12)16(14)9-11(10)2/h4-9H,1-3H3/q+1. The number of imidazole rings is 1. The zero-order valence-corrected chi connectivity index (χ0v) is 9.86. The van der Waals surface area contributed by atoms with Gasteiger partial charge in [0.1, 0.15) is 0 Å². The zero-order valence-electron chi connectivity index (χ0n) is 9.86. The Labute approximate surface area is 94.8 Å². The molecule has 0 radical (unpaired) electrons. The summed E-state index contributed by atoms with van der Waals surface area (Å²) in [7, 11) is 2.12. The fourth-order valence-corrected chi connectivity index (χ4v) is 2.26. The molecule has 16 heavy (non-hydrogen) atoms. The van der Waals surface area contributed by atoms with E-state index in [9.17, 15) is 0 Å². The molecule has 2 heteroatoms. The maximum atomic E-state index is 2.26. The lowest BCUT2D eigenvalue weighted by molar-refractivity contribution is -0.618. The molecule has 0 aliphatic carbocycles. The summed E-state index contributed by atoms with van der Waals surface area (Å²) in [6.45, 7) is 4.32. The molecule has 1 aromatic carbocycles. The average Bonchev–Trinajstić information content (AvgIpc) is 2.55. The third-order valence-electron chi connectivity index (χ3n) is 3.38. The van der Waals surface area contributed by atoms with Crippen LogP contribution in [0.1, 0.15) is 11.1 Å². The highest BCUT2D eigenvalue weighted by Gasteiger charge is 2.15. The van der Waals surface area contributed by atoms with Gasteiger partial charge in [-0.1, -0.05) is 12.1 Å². The number of hydrogen-bond acceptors (Lipinski definition) is 0. The van der Waals surface area contributed by atoms with E-state index >= 15 is 0 Å². The summed E-state index contributed by atoms with van der Waals surface area (Å²) in [6, 6.07) is 10.7. The molecule has 80 valence electrons. The highest BCUT2D eigenvalue weighted by molar-refractivity contribution is 5.75. The van der Waals surface area contributed by atoms with Gasteiger partial charge < -0.3 is 0 Å². The van der Waals surface area contributed by atoms with Crippen LogP contribution in [-0.2, 0) is 7.05 Å². The monoisotopic (exact) mass is 211 g/mol. The molecular formula is C14H15N2+. The third kappa shape index (κ3) is 1.10. The molecule has 0 saturated heterocycles. The molecular weight excluding hydrogens is 196 g/mol. The van der Waals surface area contributed by atoms with Crippen molar-refractivity contribution in [1.82, 2.24) is 4.40 Å². The van der Waals surface area contributed by atoms with E-state index < -0.39 is 0 Å². The quantitative estimate of drug-likeness (QED) is 0.505. The maximum Gasteiger partial charge on any atom is 0.287 e. The number of fused-ring (bicyclic) bond motifs is 3. The molecule has 2 heterocycles. The van der Waals surface area contributed by atoms with E-state index in [1.54, 1.807) is 0 Å². The molecule has 2 nitrogen and oxygen atoms in total. The number of benzene rings is 1. The highest BCUT2D eigenvalue weighted by atomic mass is 15.1. The van der Waals surface area contributed by atoms with Crippen molar-refractivity contribution in [2.24, 2.45) is 7.05 Å². The predicted molar refractivity (Wildman–Crippen MR) is 65.6 cm³/mol. The normalized spacial score (nSPS) is 11.4. The molecule has 0 atom stereocenters. The Hall–Kier alpha value is -1.83. The van der Waals surface area contributed by atoms with E-state index in [0.29, 0.717) is 0 Å². The van der Waals surface area contributed by atoms with Gasteiger partial charge in [-0.25, -0.2) is 4.57 Å². The Kier molecular flexibility index (Phi) is 1.81. The van der Waals surface area contributed by atoms with E-state index in [1.807, 2.05) is 0 Å². The van der Waals surface area contributed by atoms with E-state index in [4.69, 9.17) is 0 Å². The van der Waals surface area contributed by atoms with Gasteiger partial charge in [-0.3, -0.25) is 0 Å². The van der Waals surface area contributed by atoms with Crippen molar-refractivity contribution >= 4 is 16.7 Å². The minimum absolute atomic E-state index is 1.24. The van der Waals surface area contributed by atoms with Crippen LogP contribution in [0.25, 0.3) is 16.7 Å². The van der Waals surface area contributed by atoms with Crippen LogP contribution < -0.4 is 4.57 Å². The molecule has 3 aromatic rings. The second kappa shape index (κ2) is 3.08. The molecule has 2 aromatic heterocycles. The Morgan fingerprint density at radius 2 is 1.81 bits per heavy atom. The SMILES string of the molecule is Cc1cc2n(cc1C)c1ccccc1[n+]2C. The van der Waals surface area contributed by atoms with Crippen molar-refractivity contribution in [2.75, 3.05) is 0 Å². The Morgan fingerprint density at radius 3 is 2.62 bits per heavy atom. The molecule has 0 fully saturated rings. The number of pyridine rings is 1. The topological polar surface area (TPSA) is 8.29 Å². The Bertz CT molecular complexity index is 693. The van der Waals surface area contributed by atoms with E-state index in [-0.39, 0.29) is 0 Å². The number of aryl methyl sites for hydroxylation is 3. The number of para-hydroxylation sites is 2. The maximum absolute atomic E-state index is 2.26. The van der Waals surface area contributed by atoms with Crippen molar-refractivity contribution < 1.29 is 4.57 Å². The molecule has 0 N–H and O–H groups in total. The van der Waals surface area contributed by atoms with Gasteiger partial charge in [0.15, 0.2) is 11.0 Å². The molecule has 0 saturated carbocycles. The van der Waals surface area contributed by atoms with Gasteiger partial charge in [-0.15, -0.1) is 0 Å². The molecule has 0 amide bonds. The van der Waals surface area contributed by atoms with Crippen LogP contribution in [-0.4, -0.2) is 4.40 Å². The predicted octanol–water partition coefficient (Wildman–Crippen LogP) is 2.53. The van der Waals surface area contributed by atoms with E-state index in [1.165, 1.54) is 27.8 Å². The van der Waals surface area contributed by atoms with Gasteiger partial charge in [0.2, 0.25) is 0 Å². The smallest absolute Gasteiger partial charge is 0.226 e. The lowest BCUT2D eigenvalue weighted by Crippen LogP contribution is -2.27. The van der Waals surface area contributed by atoms with E-state index in [0.717, 1.165) is 0 Å². The summed E-state index contributed by atoms with van der Waals surface area (Å²) >= 11 is 0. The number of nitrogens with zero attached hydrogens (tertiary/aromatic N) is 2. The zero-order chi connectivity index (χ0) is 11.3. The largest absolute Gasteiger partial charge is 0.287 e. The van der Waals surface area contributed by atoms with Crippen molar-refractivity contribution in [1.29, 1.82) is 0 Å². The van der Waals surface area contributed by atoms with Crippen LogP contribution in [0.4, 0.5) is 0 Å². The average molecular weight is 211 g/mol. The van der Waals surface area contributed by atoms with Crippen LogP contribution in [0.3, 0.4) is 0 Å². The van der Waals surface area contributed by atoms with Crippen LogP contribution in [0.2, 0.25) is 0 Å². The first-order valence-electron chi connectivity index (χ1n) is 5.54. The van der Waals surface area contributed by atoms with Crippen molar-refractivity contribution in [3.8, 4) is 0 Å². The van der Waals surface area contributed by atoms with Gasteiger partial charge in [0, 0.05) is 6.07 Å². The third-order valence-corrected chi connectivity index (χ3v) is 3.38. The molecule has 0 aliphatic rings. The lowest BCUT2D eigenvalue weighted by atomic mass is 10.2. The second-order valence-electron chi connectivity index (χ2n) is 4.42. The summed E-state index contributed by atoms with van der Waals surface area (Å²) < 4.78 is 4.50. The van der Waals surface area contributed by atoms with Gasteiger partial charge in [-0.2, -0.15) is 4.40 Å². The van der Waals surface area contributed by atoms with Crippen molar-refractivity contribution in [2.45, 2.75) is 13.8 Å². The molecule has 0 aliphatic heterocycles. The van der Waals surface area contributed by atoms with Gasteiger partial charge in [0.25, 0.3) is 5.65 Å². The first-order valence-corrected chi connectivity index (χ1v) is 5.54. The second-order valence-corrected chi connectivity index (χ2v) is 4.42. The van der Waals surface area contributed by atoms with Crippen LogP contribution >= 0.6 is 0 Å². The minimum atomic E-state index is 1.24. The molecule has 3 rings (SSSR count).